The van der Waals surface area contributed by atoms with Crippen LogP contribution in [0.5, 0.6) is 5.75 Å². The molecule has 12 heteroatoms. The van der Waals surface area contributed by atoms with Crippen LogP contribution in [0.25, 0.3) is 0 Å². The molecule has 11 nitrogen and oxygen atoms in total. The minimum absolute atomic E-state index is 0.0272. The van der Waals surface area contributed by atoms with E-state index in [1.807, 2.05) is 18.2 Å². The van der Waals surface area contributed by atoms with Crippen LogP contribution in [0.15, 0.2) is 42.5 Å². The van der Waals surface area contributed by atoms with Crippen LogP contribution < -0.4 is 9.64 Å². The Morgan fingerprint density at radius 1 is 0.957 bits per heavy atom. The Balaban J connectivity index is 1.71. The maximum atomic E-state index is 12.7. The minimum atomic E-state index is -2.47. The highest BCUT2D eigenvalue weighted by atomic mass is 28.4. The van der Waals surface area contributed by atoms with E-state index in [9.17, 15) is 24.6 Å². The molecule has 1 fully saturated rings. The van der Waals surface area contributed by atoms with Crippen molar-refractivity contribution in [3.63, 3.8) is 0 Å². The van der Waals surface area contributed by atoms with Crippen molar-refractivity contribution >= 4 is 32.0 Å². The summed E-state index contributed by atoms with van der Waals surface area (Å²) in [5.41, 5.74) is 3.28. The Kier molecular flexibility index (Phi) is 12.1. The first kappa shape index (κ1) is 36.4. The Bertz CT molecular complexity index is 1380. The quantitative estimate of drug-likeness (QED) is 0.174. The van der Waals surface area contributed by atoms with E-state index in [1.54, 1.807) is 36.3 Å². The molecule has 2 aromatic rings. The summed E-state index contributed by atoms with van der Waals surface area (Å²) in [6.07, 6.45) is -1.47. The van der Waals surface area contributed by atoms with Crippen LogP contribution in [0.2, 0.25) is 16.6 Å². The second kappa shape index (κ2) is 15.6. The number of amides is 2. The summed E-state index contributed by atoms with van der Waals surface area (Å²) in [5.74, 6) is -0.892. The van der Waals surface area contributed by atoms with Gasteiger partial charge in [0.15, 0.2) is 6.61 Å². The molecule has 0 aromatic heterocycles. The lowest BCUT2D eigenvalue weighted by Gasteiger charge is -2.50. The maximum Gasteiger partial charge on any atom is 0.407 e. The first-order valence-electron chi connectivity index (χ1n) is 16.5. The largest absolute Gasteiger partial charge is 0.482 e. The molecule has 258 valence electrons. The zero-order valence-electron chi connectivity index (χ0n) is 28.6. The molecule has 0 saturated carbocycles. The molecule has 2 aliphatic heterocycles. The van der Waals surface area contributed by atoms with Crippen molar-refractivity contribution < 1.29 is 43.2 Å². The van der Waals surface area contributed by atoms with Crippen LogP contribution in [0, 0.1) is 0 Å². The minimum Gasteiger partial charge on any atom is -0.482 e. The predicted octanol–water partition coefficient (Wildman–Crippen LogP) is 6.37. The van der Waals surface area contributed by atoms with Gasteiger partial charge in [-0.2, -0.15) is 0 Å². The number of nitrogens with zero attached hydrogens (tertiary/aromatic N) is 2. The summed E-state index contributed by atoms with van der Waals surface area (Å²) < 4.78 is 24.8. The molecule has 0 unspecified atom stereocenters. The van der Waals surface area contributed by atoms with Crippen molar-refractivity contribution in [1.82, 2.24) is 4.90 Å². The van der Waals surface area contributed by atoms with Gasteiger partial charge >= 0.3 is 12.1 Å². The number of carbonyl (C=O) groups is 3. The molecule has 2 aromatic carbocycles. The normalized spacial score (nSPS) is 20.1. The smallest absolute Gasteiger partial charge is 0.407 e. The number of rotatable bonds is 14. The van der Waals surface area contributed by atoms with Gasteiger partial charge < -0.3 is 38.6 Å². The third kappa shape index (κ3) is 7.99. The number of carbonyl (C=O) groups excluding carboxylic acids is 1. The van der Waals surface area contributed by atoms with Crippen molar-refractivity contribution in [3.8, 4) is 5.75 Å². The molecule has 3 atom stereocenters. The molecule has 0 aliphatic carbocycles. The van der Waals surface area contributed by atoms with Crippen LogP contribution in [0.4, 0.5) is 10.5 Å². The van der Waals surface area contributed by atoms with Crippen molar-refractivity contribution in [1.29, 1.82) is 0 Å². The van der Waals surface area contributed by atoms with Crippen molar-refractivity contribution in [3.05, 3.63) is 59.2 Å². The summed E-state index contributed by atoms with van der Waals surface area (Å²) in [6, 6.07) is 12.3. The van der Waals surface area contributed by atoms with E-state index in [-0.39, 0.29) is 60.3 Å². The molecule has 47 heavy (non-hydrogen) atoms. The molecule has 1 saturated heterocycles. The van der Waals surface area contributed by atoms with Gasteiger partial charge in [0.05, 0.1) is 36.6 Å². The zero-order valence-corrected chi connectivity index (χ0v) is 29.6. The number of hydrogen-bond donors (Lipinski definition) is 2. The van der Waals surface area contributed by atoms with Crippen molar-refractivity contribution in [2.45, 2.75) is 89.3 Å². The number of likely N-dealkylation sites (tertiary alicyclic amines) is 1. The van der Waals surface area contributed by atoms with E-state index >= 15 is 0 Å². The van der Waals surface area contributed by atoms with Gasteiger partial charge in [-0.15, -0.1) is 0 Å². The summed E-state index contributed by atoms with van der Waals surface area (Å²) in [6.45, 7) is 14.6. The SMILES string of the molecule is COCCCN1C(=O)COc2ccc(CO[C@H]3CN(C(=O)O)C[C@@H](O[Si](C(C)C)(C(C)C)C(C)C)[C@@H]3c3ccc(C(=O)O)cc3)cc21. The number of methoxy groups -OCH3 is 1. The van der Waals surface area contributed by atoms with E-state index in [0.717, 1.165) is 11.1 Å². The van der Waals surface area contributed by atoms with Crippen LogP contribution in [0.1, 0.15) is 75.4 Å². The van der Waals surface area contributed by atoms with Crippen molar-refractivity contribution in [2.24, 2.45) is 0 Å². The van der Waals surface area contributed by atoms with E-state index in [1.165, 1.54) is 4.90 Å². The molecule has 0 bridgehead atoms. The number of ether oxygens (including phenoxy) is 3. The number of hydrogen-bond acceptors (Lipinski definition) is 7. The molecular weight excluding hydrogens is 620 g/mol. The standard InChI is InChI=1S/C35H50N2O9Si/c1-22(2)47(23(3)4,24(5)6)46-31-19-36(35(41)42)18-30(33(31)26-10-12-27(13-11-26)34(39)40)44-20-25-9-14-29-28(17-25)37(15-8-16-43-7)32(38)21-45-29/h9-14,17,22-24,30-31,33H,8,15-16,18-21H2,1-7H3,(H,39,40)(H,41,42)/t30-,31+,33+/m0/s1. The topological polar surface area (TPSA) is 135 Å². The molecule has 2 amide bonds. The molecule has 0 spiro atoms. The summed E-state index contributed by atoms with van der Waals surface area (Å²) in [7, 11) is -0.847. The summed E-state index contributed by atoms with van der Waals surface area (Å²) >= 11 is 0. The van der Waals surface area contributed by atoms with E-state index in [2.05, 4.69) is 41.5 Å². The number of benzene rings is 2. The number of fused-ring (bicyclic) bond motifs is 1. The van der Waals surface area contributed by atoms with Crippen LogP contribution in [0.3, 0.4) is 0 Å². The van der Waals surface area contributed by atoms with Gasteiger partial charge in [-0.1, -0.05) is 59.7 Å². The van der Waals surface area contributed by atoms with E-state index in [4.69, 9.17) is 18.6 Å². The van der Waals surface area contributed by atoms with Crippen molar-refractivity contribution in [2.75, 3.05) is 44.9 Å². The second-order valence-electron chi connectivity index (χ2n) is 13.4. The molecule has 2 N–H and O–H groups in total. The third-order valence-corrected chi connectivity index (χ3v) is 15.8. The lowest BCUT2D eigenvalue weighted by Crippen LogP contribution is -2.59. The Morgan fingerprint density at radius 2 is 1.60 bits per heavy atom. The van der Waals surface area contributed by atoms with Gasteiger partial charge in [0.25, 0.3) is 5.91 Å². The first-order chi connectivity index (χ1) is 22.3. The summed E-state index contributed by atoms with van der Waals surface area (Å²) in [4.78, 5) is 40.0. The first-order valence-corrected chi connectivity index (χ1v) is 18.6. The fourth-order valence-corrected chi connectivity index (χ4v) is 13.1. The van der Waals surface area contributed by atoms with E-state index < -0.39 is 32.6 Å². The summed E-state index contributed by atoms with van der Waals surface area (Å²) in [5, 5.41) is 19.8. The van der Waals surface area contributed by atoms with E-state index in [0.29, 0.717) is 31.0 Å². The highest BCUT2D eigenvalue weighted by molar-refractivity contribution is 6.77. The third-order valence-electron chi connectivity index (χ3n) is 9.64. The number of carboxylic acid groups (broad SMARTS) is 2. The van der Waals surface area contributed by atoms with Gasteiger partial charge in [0.1, 0.15) is 5.75 Å². The van der Waals surface area contributed by atoms with Gasteiger partial charge in [-0.25, -0.2) is 9.59 Å². The fraction of sp³-hybridized carbons (Fsp3) is 0.571. The molecule has 4 rings (SSSR count). The molecular formula is C35H50N2O9Si. The Morgan fingerprint density at radius 3 is 2.17 bits per heavy atom. The maximum absolute atomic E-state index is 12.7. The van der Waals surface area contributed by atoms with Gasteiger partial charge in [-0.05, 0) is 58.4 Å². The van der Waals surface area contributed by atoms with Crippen LogP contribution in [-0.4, -0.2) is 93.6 Å². The second-order valence-corrected chi connectivity index (χ2v) is 18.9. The molecule has 2 aliphatic rings. The lowest BCUT2D eigenvalue weighted by molar-refractivity contribution is -0.121. The van der Waals surface area contributed by atoms with Crippen LogP contribution in [-0.2, 0) is 25.3 Å². The predicted molar refractivity (Wildman–Crippen MR) is 181 cm³/mol. The molecule has 2 heterocycles. The number of aromatic carboxylic acids is 1. The van der Waals surface area contributed by atoms with Gasteiger partial charge in [0.2, 0.25) is 8.32 Å². The van der Waals surface area contributed by atoms with Gasteiger partial charge in [-0.3, -0.25) is 4.79 Å². The highest BCUT2D eigenvalue weighted by Crippen LogP contribution is 2.46. The Labute approximate surface area is 278 Å². The number of carboxylic acids is 1. The van der Waals surface area contributed by atoms with Crippen LogP contribution >= 0.6 is 0 Å². The monoisotopic (exact) mass is 670 g/mol. The highest BCUT2D eigenvalue weighted by Gasteiger charge is 2.51. The van der Waals surface area contributed by atoms with Gasteiger partial charge in [0, 0.05) is 32.7 Å². The molecule has 0 radical (unpaired) electrons. The zero-order chi connectivity index (χ0) is 34.5. The fourth-order valence-electron chi connectivity index (χ4n) is 7.50. The average Bonchev–Trinajstić information content (AvgIpc) is 3.02. The average molecular weight is 671 g/mol. The Hall–Kier alpha value is -3.45. The number of piperidine rings is 1. The number of anilines is 1. The lowest BCUT2D eigenvalue weighted by atomic mass is 9.84.